The Bertz CT molecular complexity index is 1940. The number of hydrogen-bond acceptors (Lipinski definition) is 5. The maximum Gasteiger partial charge on any atom is 0.333 e. The summed E-state index contributed by atoms with van der Waals surface area (Å²) in [6, 6.07) is 17.4. The molecule has 0 saturated carbocycles. The summed E-state index contributed by atoms with van der Waals surface area (Å²) in [6.07, 6.45) is 0. The number of nitrogens with zero attached hydrogens (tertiary/aromatic N) is 2. The number of rotatable bonds is 4. The number of carbonyl (C=O) groups excluding carboxylic acids is 1. The van der Waals surface area contributed by atoms with Crippen LogP contribution < -0.4 is 16.0 Å². The molecule has 2 aromatic heterocycles. The predicted molar refractivity (Wildman–Crippen MR) is 137 cm³/mol. The molecule has 3 aromatic carbocycles. The molecule has 2 N–H and O–H groups in total. The van der Waals surface area contributed by atoms with Gasteiger partial charge in [0.05, 0.1) is 27.0 Å². The number of carbonyl (C=O) groups is 1. The molecule has 11 heteroatoms. The van der Waals surface area contributed by atoms with Gasteiger partial charge in [-0.25, -0.2) is 22.5 Å². The van der Waals surface area contributed by atoms with E-state index in [2.05, 4.69) is 9.71 Å². The maximum absolute atomic E-state index is 13.5. The lowest BCUT2D eigenvalue weighted by Gasteiger charge is -2.12. The summed E-state index contributed by atoms with van der Waals surface area (Å²) in [5.41, 5.74) is -0.497. The molecule has 0 saturated heterocycles. The van der Waals surface area contributed by atoms with Gasteiger partial charge in [-0.05, 0) is 48.9 Å². The van der Waals surface area contributed by atoms with Gasteiger partial charge in [-0.1, -0.05) is 41.9 Å². The number of aromatic amines is 1. The van der Waals surface area contributed by atoms with Crippen LogP contribution in [-0.4, -0.2) is 28.4 Å². The van der Waals surface area contributed by atoms with E-state index in [1.165, 1.54) is 23.7 Å². The molecular formula is C25H19ClN4O5S. The molecule has 1 amide bonds. The summed E-state index contributed by atoms with van der Waals surface area (Å²) in [5, 5.41) is 0.848. The molecule has 0 aliphatic rings. The quantitative estimate of drug-likeness (QED) is 0.375. The molecule has 2 heterocycles. The number of aryl methyl sites for hydroxylation is 2. The van der Waals surface area contributed by atoms with Crippen molar-refractivity contribution < 1.29 is 13.2 Å². The molecule has 0 unspecified atom stereocenters. The van der Waals surface area contributed by atoms with Crippen LogP contribution in [0, 0.1) is 6.92 Å². The minimum atomic E-state index is -4.27. The molecule has 36 heavy (non-hydrogen) atoms. The summed E-state index contributed by atoms with van der Waals surface area (Å²) in [7, 11) is -2.73. The van der Waals surface area contributed by atoms with Gasteiger partial charge in [0.15, 0.2) is 0 Å². The molecule has 0 spiro atoms. The van der Waals surface area contributed by atoms with Crippen LogP contribution in [0.15, 0.2) is 81.2 Å². The van der Waals surface area contributed by atoms with Gasteiger partial charge >= 0.3 is 5.69 Å². The second kappa shape index (κ2) is 8.51. The number of para-hydroxylation sites is 1. The molecule has 9 nitrogen and oxygen atoms in total. The molecular weight excluding hydrogens is 504 g/mol. The lowest BCUT2D eigenvalue weighted by molar-refractivity contribution is 0.0974. The Morgan fingerprint density at radius 1 is 0.972 bits per heavy atom. The van der Waals surface area contributed by atoms with Crippen molar-refractivity contribution >= 4 is 49.3 Å². The highest BCUT2D eigenvalue weighted by Gasteiger charge is 2.29. The van der Waals surface area contributed by atoms with E-state index in [0.717, 1.165) is 4.57 Å². The largest absolute Gasteiger partial charge is 0.338 e. The lowest BCUT2D eigenvalue weighted by Crippen LogP contribution is -2.37. The van der Waals surface area contributed by atoms with E-state index in [-0.39, 0.29) is 21.7 Å². The van der Waals surface area contributed by atoms with Crippen molar-refractivity contribution in [3.63, 3.8) is 0 Å². The van der Waals surface area contributed by atoms with Crippen molar-refractivity contribution in [2.24, 2.45) is 7.05 Å². The normalized spacial score (nSPS) is 11.8. The van der Waals surface area contributed by atoms with E-state index in [1.54, 1.807) is 61.5 Å². The highest BCUT2D eigenvalue weighted by Crippen LogP contribution is 2.30. The van der Waals surface area contributed by atoms with Crippen LogP contribution in [0.25, 0.3) is 27.5 Å². The molecule has 0 atom stereocenters. The molecule has 5 rings (SSSR count). The van der Waals surface area contributed by atoms with Crippen LogP contribution in [0.2, 0.25) is 5.02 Å². The number of benzene rings is 3. The number of nitrogens with one attached hydrogen (secondary N) is 2. The van der Waals surface area contributed by atoms with E-state index < -0.39 is 27.2 Å². The Morgan fingerprint density at radius 3 is 2.42 bits per heavy atom. The molecule has 0 fully saturated rings. The second-order valence-corrected chi connectivity index (χ2v) is 10.3. The maximum atomic E-state index is 13.5. The topological polar surface area (TPSA) is 123 Å². The van der Waals surface area contributed by atoms with Crippen LogP contribution >= 0.6 is 11.6 Å². The summed E-state index contributed by atoms with van der Waals surface area (Å²) in [4.78, 5) is 42.7. The standard InChI is InChI=1S/C25H19ClN4O5S/c1-14-7-3-6-10-20(14)36(34,35)28-23(31)22-21(17-13-15(26)11-12-19(17)29(22)2)30-24(32)16-8-4-5-9-18(16)27-25(30)33/h3-13H,1-2H3,(H,27,33)(H,28,31). The highest BCUT2D eigenvalue weighted by molar-refractivity contribution is 7.90. The van der Waals surface area contributed by atoms with Crippen molar-refractivity contribution in [3.8, 4) is 5.69 Å². The van der Waals surface area contributed by atoms with E-state index in [4.69, 9.17) is 11.6 Å². The van der Waals surface area contributed by atoms with Crippen molar-refractivity contribution in [2.45, 2.75) is 11.8 Å². The number of sulfonamides is 1. The van der Waals surface area contributed by atoms with Crippen molar-refractivity contribution in [2.75, 3.05) is 0 Å². The molecule has 5 aromatic rings. The van der Waals surface area contributed by atoms with Crippen molar-refractivity contribution in [1.82, 2.24) is 18.8 Å². The molecule has 0 radical (unpaired) electrons. The third-order valence-electron chi connectivity index (χ3n) is 5.99. The van der Waals surface area contributed by atoms with Gasteiger partial charge in [-0.2, -0.15) is 0 Å². The smallest absolute Gasteiger partial charge is 0.333 e. The van der Waals surface area contributed by atoms with Crippen molar-refractivity contribution in [3.05, 3.63) is 104 Å². The van der Waals surface area contributed by atoms with Gasteiger partial charge < -0.3 is 9.55 Å². The Balaban J connectivity index is 1.80. The zero-order valence-electron chi connectivity index (χ0n) is 19.1. The van der Waals surface area contributed by atoms with Gasteiger partial charge in [-0.3, -0.25) is 9.59 Å². The summed E-state index contributed by atoms with van der Waals surface area (Å²) in [6.45, 7) is 1.61. The number of halogens is 1. The minimum absolute atomic E-state index is 0.0672. The second-order valence-electron chi connectivity index (χ2n) is 8.23. The van der Waals surface area contributed by atoms with Crippen LogP contribution in [-0.2, 0) is 17.1 Å². The average Bonchev–Trinajstić information content (AvgIpc) is 3.10. The molecule has 0 bridgehead atoms. The highest BCUT2D eigenvalue weighted by atomic mass is 35.5. The van der Waals surface area contributed by atoms with E-state index in [9.17, 15) is 22.8 Å². The molecule has 0 aliphatic heterocycles. The van der Waals surface area contributed by atoms with Gasteiger partial charge in [0.2, 0.25) is 0 Å². The van der Waals surface area contributed by atoms with Gasteiger partial charge in [0, 0.05) is 17.5 Å². The molecule has 182 valence electrons. The third-order valence-corrected chi connectivity index (χ3v) is 7.72. The number of hydrogen-bond donors (Lipinski definition) is 2. The molecule has 0 aliphatic carbocycles. The predicted octanol–water partition coefficient (Wildman–Crippen LogP) is 3.25. The van der Waals surface area contributed by atoms with Gasteiger partial charge in [-0.15, -0.1) is 0 Å². The SMILES string of the molecule is Cc1ccccc1S(=O)(=O)NC(=O)c1c(-n2c(=O)[nH]c3ccccc3c2=O)c2cc(Cl)ccc2n1C. The summed E-state index contributed by atoms with van der Waals surface area (Å²) < 4.78 is 30.5. The fraction of sp³-hybridized carbons (Fsp3) is 0.0800. The number of amides is 1. The minimum Gasteiger partial charge on any atom is -0.338 e. The van der Waals surface area contributed by atoms with Crippen LogP contribution in [0.4, 0.5) is 0 Å². The number of fused-ring (bicyclic) bond motifs is 2. The Morgan fingerprint density at radius 2 is 1.67 bits per heavy atom. The van der Waals surface area contributed by atoms with Crippen LogP contribution in [0.5, 0.6) is 0 Å². The first kappa shape index (κ1) is 23.6. The zero-order valence-corrected chi connectivity index (χ0v) is 20.6. The van der Waals surface area contributed by atoms with E-state index in [0.29, 0.717) is 27.0 Å². The third kappa shape index (κ3) is 3.71. The first-order valence-corrected chi connectivity index (χ1v) is 12.6. The Kier molecular flexibility index (Phi) is 5.57. The van der Waals surface area contributed by atoms with Crippen molar-refractivity contribution in [1.29, 1.82) is 0 Å². The van der Waals surface area contributed by atoms with E-state index >= 15 is 0 Å². The summed E-state index contributed by atoms with van der Waals surface area (Å²) >= 11 is 6.22. The Labute approximate surface area is 209 Å². The monoisotopic (exact) mass is 522 g/mol. The van der Waals surface area contributed by atoms with Crippen LogP contribution in [0.3, 0.4) is 0 Å². The number of aromatic nitrogens is 3. The first-order chi connectivity index (χ1) is 17.1. The number of H-pyrrole nitrogens is 1. The first-order valence-electron chi connectivity index (χ1n) is 10.8. The fourth-order valence-corrected chi connectivity index (χ4v) is 5.70. The van der Waals surface area contributed by atoms with Gasteiger partial charge in [0.1, 0.15) is 5.69 Å². The average molecular weight is 523 g/mol. The van der Waals surface area contributed by atoms with E-state index in [1.807, 2.05) is 0 Å². The summed E-state index contributed by atoms with van der Waals surface area (Å²) in [5.74, 6) is -1.01. The zero-order chi connectivity index (χ0) is 25.8. The van der Waals surface area contributed by atoms with Crippen LogP contribution in [0.1, 0.15) is 16.1 Å². The van der Waals surface area contributed by atoms with Gasteiger partial charge in [0.25, 0.3) is 21.5 Å². The Hall–Kier alpha value is -4.15. The fourth-order valence-electron chi connectivity index (χ4n) is 4.33. The lowest BCUT2D eigenvalue weighted by atomic mass is 10.2.